The second kappa shape index (κ2) is 5.50. The standard InChI is InChI=1S/C12H22O2/c1-2-3-5-8-11(13)12(14)9-6-4-7-10-12/h14H,2-10H2,1H3. The van der Waals surface area contributed by atoms with Gasteiger partial charge in [0.05, 0.1) is 0 Å². The number of carbonyl (C=O) groups excluding carboxylic acids is 1. The van der Waals surface area contributed by atoms with Crippen molar-refractivity contribution < 1.29 is 9.90 Å². The molecular formula is C12H22O2. The number of ketones is 1. The van der Waals surface area contributed by atoms with Gasteiger partial charge in [-0.15, -0.1) is 0 Å². The van der Waals surface area contributed by atoms with E-state index in [0.29, 0.717) is 19.3 Å². The molecule has 0 unspecified atom stereocenters. The maximum atomic E-state index is 11.7. The topological polar surface area (TPSA) is 37.3 Å². The Labute approximate surface area is 86.7 Å². The molecule has 1 saturated carbocycles. The lowest BCUT2D eigenvalue weighted by atomic mass is 9.80. The lowest BCUT2D eigenvalue weighted by molar-refractivity contribution is -0.140. The molecule has 0 aromatic heterocycles. The normalized spacial score (nSPS) is 20.7. The summed E-state index contributed by atoms with van der Waals surface area (Å²) >= 11 is 0. The highest BCUT2D eigenvalue weighted by molar-refractivity contribution is 5.87. The molecule has 1 fully saturated rings. The average Bonchev–Trinajstić information content (AvgIpc) is 2.19. The van der Waals surface area contributed by atoms with Crippen molar-refractivity contribution in [1.82, 2.24) is 0 Å². The number of Topliss-reactive ketones (excluding diaryl/α,β-unsaturated/α-hetero) is 1. The van der Waals surface area contributed by atoms with Crippen LogP contribution in [0.2, 0.25) is 0 Å². The zero-order chi connectivity index (χ0) is 10.4. The Kier molecular flexibility index (Phi) is 4.59. The van der Waals surface area contributed by atoms with Gasteiger partial charge in [-0.3, -0.25) is 4.79 Å². The fourth-order valence-corrected chi connectivity index (χ4v) is 2.18. The van der Waals surface area contributed by atoms with Crippen LogP contribution in [0.15, 0.2) is 0 Å². The molecule has 1 N–H and O–H groups in total. The summed E-state index contributed by atoms with van der Waals surface area (Å²) in [5.74, 6) is 0.0886. The lowest BCUT2D eigenvalue weighted by Crippen LogP contribution is -2.40. The molecule has 0 atom stereocenters. The van der Waals surface area contributed by atoms with E-state index in [1.807, 2.05) is 0 Å². The highest BCUT2D eigenvalue weighted by atomic mass is 16.3. The SMILES string of the molecule is CCCCCC(=O)C1(O)CCCCC1. The Balaban J connectivity index is 2.33. The molecule has 2 nitrogen and oxygen atoms in total. The highest BCUT2D eigenvalue weighted by Crippen LogP contribution is 2.30. The fourth-order valence-electron chi connectivity index (χ4n) is 2.18. The minimum atomic E-state index is -0.952. The Hall–Kier alpha value is -0.370. The minimum absolute atomic E-state index is 0.0886. The van der Waals surface area contributed by atoms with Gasteiger partial charge in [0, 0.05) is 6.42 Å². The number of aliphatic hydroxyl groups is 1. The van der Waals surface area contributed by atoms with Gasteiger partial charge in [-0.2, -0.15) is 0 Å². The van der Waals surface area contributed by atoms with Crippen LogP contribution in [0.25, 0.3) is 0 Å². The van der Waals surface area contributed by atoms with E-state index in [1.165, 1.54) is 6.42 Å². The Bertz CT molecular complexity index is 181. The summed E-state index contributed by atoms with van der Waals surface area (Å²) in [7, 11) is 0. The summed E-state index contributed by atoms with van der Waals surface area (Å²) in [5, 5.41) is 10.1. The monoisotopic (exact) mass is 198 g/mol. The Morgan fingerprint density at radius 1 is 1.21 bits per heavy atom. The maximum absolute atomic E-state index is 11.7. The number of hydrogen-bond acceptors (Lipinski definition) is 2. The van der Waals surface area contributed by atoms with Crippen LogP contribution in [0, 0.1) is 0 Å². The summed E-state index contributed by atoms with van der Waals surface area (Å²) < 4.78 is 0. The van der Waals surface area contributed by atoms with E-state index in [0.717, 1.165) is 32.1 Å². The van der Waals surface area contributed by atoms with Crippen LogP contribution in [-0.2, 0) is 4.79 Å². The molecule has 0 aromatic carbocycles. The average molecular weight is 198 g/mol. The van der Waals surface area contributed by atoms with Crippen LogP contribution >= 0.6 is 0 Å². The third kappa shape index (κ3) is 3.09. The van der Waals surface area contributed by atoms with E-state index >= 15 is 0 Å². The van der Waals surface area contributed by atoms with Gasteiger partial charge < -0.3 is 5.11 Å². The molecule has 82 valence electrons. The molecule has 2 heteroatoms. The second-order valence-corrected chi connectivity index (χ2v) is 4.47. The van der Waals surface area contributed by atoms with Gasteiger partial charge in [-0.1, -0.05) is 39.0 Å². The van der Waals surface area contributed by atoms with Crippen molar-refractivity contribution in [3.63, 3.8) is 0 Å². The smallest absolute Gasteiger partial charge is 0.164 e. The number of unbranched alkanes of at least 4 members (excludes halogenated alkanes) is 2. The van der Waals surface area contributed by atoms with Crippen molar-refractivity contribution in [2.75, 3.05) is 0 Å². The molecule has 0 radical (unpaired) electrons. The highest BCUT2D eigenvalue weighted by Gasteiger charge is 2.35. The molecule has 1 aliphatic carbocycles. The molecule has 0 aliphatic heterocycles. The van der Waals surface area contributed by atoms with Gasteiger partial charge in [0.2, 0.25) is 0 Å². The van der Waals surface area contributed by atoms with E-state index in [1.54, 1.807) is 0 Å². The first-order chi connectivity index (χ1) is 6.69. The van der Waals surface area contributed by atoms with E-state index in [4.69, 9.17) is 0 Å². The van der Waals surface area contributed by atoms with Crippen molar-refractivity contribution in [3.05, 3.63) is 0 Å². The fraction of sp³-hybridized carbons (Fsp3) is 0.917. The van der Waals surface area contributed by atoms with E-state index in [2.05, 4.69) is 6.92 Å². The van der Waals surface area contributed by atoms with Gasteiger partial charge in [0.15, 0.2) is 5.78 Å². The van der Waals surface area contributed by atoms with Crippen LogP contribution in [0.5, 0.6) is 0 Å². The van der Waals surface area contributed by atoms with Crippen molar-refractivity contribution in [3.8, 4) is 0 Å². The predicted octanol–water partition coefficient (Wildman–Crippen LogP) is 2.83. The van der Waals surface area contributed by atoms with E-state index in [-0.39, 0.29) is 5.78 Å². The number of hydrogen-bond donors (Lipinski definition) is 1. The van der Waals surface area contributed by atoms with Crippen molar-refractivity contribution in [1.29, 1.82) is 0 Å². The summed E-state index contributed by atoms with van der Waals surface area (Å²) in [6.07, 6.45) is 8.32. The third-order valence-electron chi connectivity index (χ3n) is 3.21. The molecular weight excluding hydrogens is 176 g/mol. The maximum Gasteiger partial charge on any atom is 0.164 e. The number of carbonyl (C=O) groups is 1. The molecule has 0 heterocycles. The molecule has 0 spiro atoms. The van der Waals surface area contributed by atoms with Crippen molar-refractivity contribution in [2.24, 2.45) is 0 Å². The summed E-state index contributed by atoms with van der Waals surface area (Å²) in [4.78, 5) is 11.7. The van der Waals surface area contributed by atoms with Crippen molar-refractivity contribution >= 4 is 5.78 Å². The number of rotatable bonds is 5. The first-order valence-electron chi connectivity index (χ1n) is 5.95. The first kappa shape index (κ1) is 11.7. The lowest BCUT2D eigenvalue weighted by Gasteiger charge is -2.30. The van der Waals surface area contributed by atoms with E-state index < -0.39 is 5.60 Å². The second-order valence-electron chi connectivity index (χ2n) is 4.47. The summed E-state index contributed by atoms with van der Waals surface area (Å²) in [5.41, 5.74) is -0.952. The quantitative estimate of drug-likeness (QED) is 0.690. The zero-order valence-electron chi connectivity index (χ0n) is 9.22. The van der Waals surface area contributed by atoms with Crippen LogP contribution in [0.4, 0.5) is 0 Å². The van der Waals surface area contributed by atoms with Crippen LogP contribution in [0.1, 0.15) is 64.7 Å². The molecule has 14 heavy (non-hydrogen) atoms. The summed E-state index contributed by atoms with van der Waals surface area (Å²) in [6, 6.07) is 0. The molecule has 0 saturated heterocycles. The van der Waals surface area contributed by atoms with Gasteiger partial charge >= 0.3 is 0 Å². The first-order valence-corrected chi connectivity index (χ1v) is 5.95. The van der Waals surface area contributed by atoms with Crippen LogP contribution < -0.4 is 0 Å². The van der Waals surface area contributed by atoms with Crippen LogP contribution in [0.3, 0.4) is 0 Å². The molecule has 0 bridgehead atoms. The third-order valence-corrected chi connectivity index (χ3v) is 3.21. The summed E-state index contributed by atoms with van der Waals surface area (Å²) in [6.45, 7) is 2.12. The molecule has 0 aromatic rings. The largest absolute Gasteiger partial charge is 0.382 e. The molecule has 1 rings (SSSR count). The zero-order valence-corrected chi connectivity index (χ0v) is 9.22. The van der Waals surface area contributed by atoms with Crippen LogP contribution in [-0.4, -0.2) is 16.5 Å². The Morgan fingerprint density at radius 2 is 1.86 bits per heavy atom. The molecule has 0 amide bonds. The Morgan fingerprint density at radius 3 is 2.43 bits per heavy atom. The van der Waals surface area contributed by atoms with Gasteiger partial charge in [0.1, 0.15) is 5.60 Å². The molecule has 1 aliphatic rings. The minimum Gasteiger partial charge on any atom is -0.382 e. The van der Waals surface area contributed by atoms with Gasteiger partial charge in [-0.25, -0.2) is 0 Å². The predicted molar refractivity (Wildman–Crippen MR) is 57.2 cm³/mol. The van der Waals surface area contributed by atoms with Gasteiger partial charge in [0.25, 0.3) is 0 Å². The van der Waals surface area contributed by atoms with Gasteiger partial charge in [-0.05, 0) is 19.3 Å². The van der Waals surface area contributed by atoms with Crippen molar-refractivity contribution in [2.45, 2.75) is 70.3 Å². The van der Waals surface area contributed by atoms with E-state index in [9.17, 15) is 9.90 Å².